The number of carbonyl (C=O) groups is 1. The number of alkyl halides is 2. The Bertz CT molecular complexity index is 953. The molecule has 3 aromatic carbocycles. The fourth-order valence-electron chi connectivity index (χ4n) is 3.47. The van der Waals surface area contributed by atoms with E-state index in [1.807, 2.05) is 30.3 Å². The molecule has 0 aliphatic heterocycles. The van der Waals surface area contributed by atoms with Gasteiger partial charge in [-0.15, -0.1) is 0 Å². The molecule has 1 aliphatic carbocycles. The summed E-state index contributed by atoms with van der Waals surface area (Å²) in [5.41, 5.74) is 1.40. The van der Waals surface area contributed by atoms with Gasteiger partial charge in [0.05, 0.1) is 5.92 Å². The minimum atomic E-state index is -3.09. The third-order valence-electron chi connectivity index (χ3n) is 4.88. The predicted molar refractivity (Wildman–Crippen MR) is 99.2 cm³/mol. The number of benzene rings is 3. The summed E-state index contributed by atoms with van der Waals surface area (Å²) in [6.45, 7) is 0.284. The number of ketones is 1. The Kier molecular flexibility index (Phi) is 4.48. The first-order valence-corrected chi connectivity index (χ1v) is 8.83. The van der Waals surface area contributed by atoms with Gasteiger partial charge in [-0.05, 0) is 29.3 Å². The number of carbonyl (C=O) groups excluding carboxylic acids is 1. The molecule has 2 nitrogen and oxygen atoms in total. The molecule has 3 aromatic rings. The van der Waals surface area contributed by atoms with Crippen LogP contribution in [-0.4, -0.2) is 5.78 Å². The van der Waals surface area contributed by atoms with E-state index in [2.05, 4.69) is 0 Å². The fraction of sp³-hybridized carbons (Fsp3) is 0.174. The molecule has 1 aliphatic rings. The zero-order chi connectivity index (χ0) is 18.9. The van der Waals surface area contributed by atoms with Crippen LogP contribution in [0.25, 0.3) is 0 Å². The van der Waals surface area contributed by atoms with Crippen LogP contribution in [-0.2, 0) is 12.5 Å². The van der Waals surface area contributed by atoms with Crippen molar-refractivity contribution in [2.24, 2.45) is 0 Å². The second-order valence-electron chi connectivity index (χ2n) is 6.72. The monoisotopic (exact) mass is 364 g/mol. The Morgan fingerprint density at radius 1 is 0.926 bits per heavy atom. The molecule has 0 spiro atoms. The average molecular weight is 364 g/mol. The van der Waals surface area contributed by atoms with Crippen molar-refractivity contribution in [3.05, 3.63) is 101 Å². The number of rotatable bonds is 4. The Morgan fingerprint density at radius 2 is 1.59 bits per heavy atom. The van der Waals surface area contributed by atoms with Crippen LogP contribution in [0.5, 0.6) is 5.75 Å². The summed E-state index contributed by atoms with van der Waals surface area (Å²) in [7, 11) is 0. The van der Waals surface area contributed by atoms with Gasteiger partial charge in [0.1, 0.15) is 12.4 Å². The molecule has 0 aromatic heterocycles. The third-order valence-corrected chi connectivity index (χ3v) is 4.88. The van der Waals surface area contributed by atoms with Crippen molar-refractivity contribution in [1.82, 2.24) is 0 Å². The standard InChI is InChI=1S/C23H18F2O2/c24-23(25)14-20(17-9-5-2-6-10-17)22(26)19-12-11-18(13-21(19)23)27-15-16-7-3-1-4-8-16/h1-13,20H,14-15H2. The van der Waals surface area contributed by atoms with Gasteiger partial charge in [-0.2, -0.15) is 0 Å². The summed E-state index contributed by atoms with van der Waals surface area (Å²) >= 11 is 0. The summed E-state index contributed by atoms with van der Waals surface area (Å²) in [4.78, 5) is 12.8. The fourth-order valence-corrected chi connectivity index (χ4v) is 3.47. The minimum absolute atomic E-state index is 0.0761. The molecule has 0 fully saturated rings. The molecule has 0 saturated carbocycles. The lowest BCUT2D eigenvalue weighted by Gasteiger charge is -2.30. The SMILES string of the molecule is O=C1c2ccc(OCc3ccccc3)cc2C(F)(F)CC1c1ccccc1. The molecule has 0 heterocycles. The number of ether oxygens (including phenoxy) is 1. The molecule has 0 amide bonds. The van der Waals surface area contributed by atoms with E-state index < -0.39 is 18.3 Å². The molecule has 1 unspecified atom stereocenters. The highest BCUT2D eigenvalue weighted by Crippen LogP contribution is 2.46. The molecule has 4 rings (SSSR count). The number of hydrogen-bond donors (Lipinski definition) is 0. The van der Waals surface area contributed by atoms with E-state index in [0.29, 0.717) is 11.3 Å². The molecule has 0 radical (unpaired) electrons. The van der Waals surface area contributed by atoms with Crippen molar-refractivity contribution in [2.75, 3.05) is 0 Å². The van der Waals surface area contributed by atoms with E-state index in [1.165, 1.54) is 12.1 Å². The maximum Gasteiger partial charge on any atom is 0.275 e. The Hall–Kier alpha value is -3.01. The highest BCUT2D eigenvalue weighted by Gasteiger charge is 2.46. The molecule has 0 saturated heterocycles. The third kappa shape index (κ3) is 3.47. The van der Waals surface area contributed by atoms with E-state index in [0.717, 1.165) is 5.56 Å². The average Bonchev–Trinajstić information content (AvgIpc) is 2.70. The van der Waals surface area contributed by atoms with Gasteiger partial charge in [0.15, 0.2) is 5.78 Å². The van der Waals surface area contributed by atoms with Gasteiger partial charge in [0.2, 0.25) is 0 Å². The first-order valence-electron chi connectivity index (χ1n) is 8.83. The first-order chi connectivity index (χ1) is 13.0. The Balaban J connectivity index is 1.62. The quantitative estimate of drug-likeness (QED) is 0.591. The molecule has 136 valence electrons. The van der Waals surface area contributed by atoms with E-state index in [1.54, 1.807) is 36.4 Å². The van der Waals surface area contributed by atoms with Crippen molar-refractivity contribution in [3.8, 4) is 5.75 Å². The molecule has 27 heavy (non-hydrogen) atoms. The van der Waals surface area contributed by atoms with Gasteiger partial charge >= 0.3 is 0 Å². The van der Waals surface area contributed by atoms with E-state index in [-0.39, 0.29) is 23.5 Å². The normalized spacial score (nSPS) is 18.0. The van der Waals surface area contributed by atoms with Crippen molar-refractivity contribution < 1.29 is 18.3 Å². The van der Waals surface area contributed by atoms with Crippen molar-refractivity contribution >= 4 is 5.78 Å². The van der Waals surface area contributed by atoms with Gasteiger partial charge < -0.3 is 4.74 Å². The lowest BCUT2D eigenvalue weighted by molar-refractivity contribution is -0.0246. The van der Waals surface area contributed by atoms with Gasteiger partial charge in [-0.25, -0.2) is 8.78 Å². The summed E-state index contributed by atoms with van der Waals surface area (Å²) in [6.07, 6.45) is -0.523. The summed E-state index contributed by atoms with van der Waals surface area (Å²) in [5.74, 6) is -3.85. The van der Waals surface area contributed by atoms with E-state index in [4.69, 9.17) is 4.74 Å². The van der Waals surface area contributed by atoms with Crippen molar-refractivity contribution in [3.63, 3.8) is 0 Å². The lowest BCUT2D eigenvalue weighted by atomic mass is 9.77. The minimum Gasteiger partial charge on any atom is -0.489 e. The maximum absolute atomic E-state index is 14.8. The second-order valence-corrected chi connectivity index (χ2v) is 6.72. The Labute approximate surface area is 156 Å². The molecule has 0 bridgehead atoms. The van der Waals surface area contributed by atoms with Crippen LogP contribution in [0, 0.1) is 0 Å². The van der Waals surface area contributed by atoms with Gasteiger partial charge in [-0.1, -0.05) is 60.7 Å². The van der Waals surface area contributed by atoms with Crippen LogP contribution in [0.3, 0.4) is 0 Å². The molecule has 0 N–H and O–H groups in total. The summed E-state index contributed by atoms with van der Waals surface area (Å²) < 4.78 is 35.3. The molecule has 1 atom stereocenters. The van der Waals surface area contributed by atoms with Crippen LogP contribution >= 0.6 is 0 Å². The molecular weight excluding hydrogens is 346 g/mol. The summed E-state index contributed by atoms with van der Waals surface area (Å²) in [5, 5.41) is 0. The highest BCUT2D eigenvalue weighted by molar-refractivity contribution is 6.03. The van der Waals surface area contributed by atoms with E-state index in [9.17, 15) is 13.6 Å². The van der Waals surface area contributed by atoms with Crippen molar-refractivity contribution in [2.45, 2.75) is 24.9 Å². The molecular formula is C23H18F2O2. The van der Waals surface area contributed by atoms with Crippen LogP contribution < -0.4 is 4.74 Å². The smallest absolute Gasteiger partial charge is 0.275 e. The zero-order valence-corrected chi connectivity index (χ0v) is 14.6. The van der Waals surface area contributed by atoms with Crippen LogP contribution in [0.15, 0.2) is 78.9 Å². The lowest BCUT2D eigenvalue weighted by Crippen LogP contribution is -2.31. The maximum atomic E-state index is 14.8. The van der Waals surface area contributed by atoms with E-state index >= 15 is 0 Å². The van der Waals surface area contributed by atoms with Gasteiger partial charge in [-0.3, -0.25) is 4.79 Å². The van der Waals surface area contributed by atoms with Crippen LogP contribution in [0.4, 0.5) is 8.78 Å². The van der Waals surface area contributed by atoms with Gasteiger partial charge in [0, 0.05) is 17.5 Å². The predicted octanol–water partition coefficient (Wildman–Crippen LogP) is 5.73. The van der Waals surface area contributed by atoms with Crippen LogP contribution in [0.2, 0.25) is 0 Å². The number of fused-ring (bicyclic) bond motifs is 1. The highest BCUT2D eigenvalue weighted by atomic mass is 19.3. The van der Waals surface area contributed by atoms with Crippen LogP contribution in [0.1, 0.15) is 39.4 Å². The topological polar surface area (TPSA) is 26.3 Å². The zero-order valence-electron chi connectivity index (χ0n) is 14.6. The Morgan fingerprint density at radius 3 is 2.30 bits per heavy atom. The second kappa shape index (κ2) is 6.95. The number of halogens is 2. The largest absolute Gasteiger partial charge is 0.489 e. The molecule has 4 heteroatoms. The number of hydrogen-bond acceptors (Lipinski definition) is 2. The summed E-state index contributed by atoms with van der Waals surface area (Å²) in [6, 6.07) is 22.6. The first kappa shape index (κ1) is 17.4. The number of Topliss-reactive ketones (excluding diaryl/α,β-unsaturated/α-hetero) is 1. The van der Waals surface area contributed by atoms with Gasteiger partial charge in [0.25, 0.3) is 5.92 Å². The van der Waals surface area contributed by atoms with Crippen molar-refractivity contribution in [1.29, 1.82) is 0 Å².